The van der Waals surface area contributed by atoms with E-state index in [4.69, 9.17) is 22.2 Å². The Morgan fingerprint density at radius 2 is 1.00 bits per heavy atom. The molecule has 15 heavy (non-hydrogen) atoms. The van der Waals surface area contributed by atoms with Crippen LogP contribution in [-0.4, -0.2) is 24.8 Å². The molecule has 0 aromatic heterocycles. The Kier molecular flexibility index (Phi) is 7.75. The molecule has 0 amide bonds. The molecule has 0 heterocycles. The second-order valence-corrected chi connectivity index (χ2v) is 15.0. The summed E-state index contributed by atoms with van der Waals surface area (Å²) in [7, 11) is -4.68. The number of hydrogen-bond acceptors (Lipinski definition) is 2. The fourth-order valence-electron chi connectivity index (χ4n) is 1.43. The van der Waals surface area contributed by atoms with E-state index in [1.54, 1.807) is 13.1 Å². The Bertz CT molecular complexity index is 148. The van der Waals surface area contributed by atoms with Gasteiger partial charge >= 0.3 is 0 Å². The van der Waals surface area contributed by atoms with Crippen molar-refractivity contribution in [2.24, 2.45) is 0 Å². The Hall–Kier alpha value is 0.934. The predicted octanol–water partition coefficient (Wildman–Crippen LogP) is 3.54. The minimum Gasteiger partial charge on any atom is -0.420 e. The van der Waals surface area contributed by atoms with E-state index in [9.17, 15) is 9.59 Å². The van der Waals surface area contributed by atoms with Crippen LogP contribution in [0.2, 0.25) is 25.2 Å². The summed E-state index contributed by atoms with van der Waals surface area (Å²) in [6.07, 6.45) is 5.39. The average molecular weight is 289 g/mol. The zero-order chi connectivity index (χ0) is 11.9. The molecule has 0 aliphatic carbocycles. The largest absolute Gasteiger partial charge is 0.420 e. The highest BCUT2D eigenvalue weighted by Gasteiger charge is 2.20. The molecule has 0 aliphatic rings. The van der Waals surface area contributed by atoms with Gasteiger partial charge in [0.2, 0.25) is 0 Å². The number of halogens is 2. The van der Waals surface area contributed by atoms with Crippen molar-refractivity contribution in [3.05, 3.63) is 0 Å². The lowest BCUT2D eigenvalue weighted by molar-refractivity contribution is 0.546. The highest BCUT2D eigenvalue weighted by Crippen LogP contribution is 2.19. The van der Waals surface area contributed by atoms with Crippen LogP contribution in [0.15, 0.2) is 0 Å². The van der Waals surface area contributed by atoms with Gasteiger partial charge in [-0.15, -0.1) is 22.2 Å². The summed E-state index contributed by atoms with van der Waals surface area (Å²) in [5, 5.41) is 0. The third-order valence-corrected chi connectivity index (χ3v) is 5.93. The van der Waals surface area contributed by atoms with E-state index in [0.717, 1.165) is 44.2 Å². The molecule has 0 aromatic rings. The summed E-state index contributed by atoms with van der Waals surface area (Å²) in [6, 6.07) is 1.55. The van der Waals surface area contributed by atoms with E-state index < -0.39 is 15.3 Å². The molecule has 0 spiro atoms. The van der Waals surface area contributed by atoms with Gasteiger partial charge in [0.15, 0.2) is 0 Å². The minimum absolute atomic E-state index is 0.774. The second kappa shape index (κ2) is 7.30. The van der Waals surface area contributed by atoms with Crippen LogP contribution in [0.4, 0.5) is 0 Å². The van der Waals surface area contributed by atoms with Crippen LogP contribution in [0.3, 0.4) is 0 Å². The summed E-state index contributed by atoms with van der Waals surface area (Å²) in [6.45, 7) is 3.51. The molecular weight excluding hydrogens is 267 g/mol. The van der Waals surface area contributed by atoms with Crippen molar-refractivity contribution in [1.82, 2.24) is 0 Å². The number of hydrogen-bond donors (Lipinski definition) is 2. The lowest BCUT2D eigenvalue weighted by Gasteiger charge is -2.11. The van der Waals surface area contributed by atoms with Crippen LogP contribution in [0.5, 0.6) is 0 Å². The van der Waals surface area contributed by atoms with Crippen molar-refractivity contribution in [2.45, 2.75) is 57.3 Å². The average Bonchev–Trinajstić information content (AvgIpc) is 1.98. The first-order valence-electron chi connectivity index (χ1n) is 5.53. The molecule has 0 radical (unpaired) electrons. The Morgan fingerprint density at radius 1 is 0.733 bits per heavy atom. The molecule has 0 bridgehead atoms. The van der Waals surface area contributed by atoms with E-state index in [2.05, 4.69) is 0 Å². The highest BCUT2D eigenvalue weighted by molar-refractivity contribution is 7.15. The third-order valence-electron chi connectivity index (χ3n) is 2.27. The Morgan fingerprint density at radius 3 is 1.27 bits per heavy atom. The van der Waals surface area contributed by atoms with Gasteiger partial charge in [-0.3, -0.25) is 0 Å². The molecule has 0 aliphatic heterocycles. The quantitative estimate of drug-likeness (QED) is 0.407. The fourth-order valence-corrected chi connectivity index (χ4v) is 4.02. The molecule has 2 nitrogen and oxygen atoms in total. The maximum Gasteiger partial charge on any atom is 0.284 e. The first-order valence-corrected chi connectivity index (χ1v) is 12.9. The lowest BCUT2D eigenvalue weighted by atomic mass is 10.2. The van der Waals surface area contributed by atoms with Gasteiger partial charge in [0, 0.05) is 0 Å². The second-order valence-electron chi connectivity index (χ2n) is 4.55. The zero-order valence-electron chi connectivity index (χ0n) is 9.60. The molecule has 0 saturated carbocycles. The van der Waals surface area contributed by atoms with E-state index in [-0.39, 0.29) is 0 Å². The van der Waals surface area contributed by atoms with Crippen LogP contribution in [0, 0.1) is 0 Å². The molecule has 0 rings (SSSR count). The predicted molar refractivity (Wildman–Crippen MR) is 72.1 cm³/mol. The van der Waals surface area contributed by atoms with Gasteiger partial charge in [0.1, 0.15) is 0 Å². The monoisotopic (exact) mass is 288 g/mol. The van der Waals surface area contributed by atoms with E-state index in [1.807, 2.05) is 0 Å². The van der Waals surface area contributed by atoms with Crippen molar-refractivity contribution >= 4 is 37.4 Å². The van der Waals surface area contributed by atoms with Gasteiger partial charge in [0.25, 0.3) is 15.3 Å². The van der Waals surface area contributed by atoms with Crippen LogP contribution in [0.25, 0.3) is 0 Å². The normalized spacial score (nSPS) is 19.6. The van der Waals surface area contributed by atoms with Crippen molar-refractivity contribution < 1.29 is 9.59 Å². The van der Waals surface area contributed by atoms with Crippen LogP contribution in [-0.2, 0) is 0 Å². The van der Waals surface area contributed by atoms with E-state index in [0.29, 0.717) is 0 Å². The van der Waals surface area contributed by atoms with Crippen LogP contribution >= 0.6 is 22.2 Å². The molecule has 0 aromatic carbocycles. The summed E-state index contributed by atoms with van der Waals surface area (Å²) < 4.78 is 0. The van der Waals surface area contributed by atoms with Crippen LogP contribution < -0.4 is 0 Å². The third kappa shape index (κ3) is 14.9. The Balaban J connectivity index is 3.20. The maximum atomic E-state index is 9.39. The molecule has 2 unspecified atom stereocenters. The molecular formula is C9H22Cl2O2Si2. The van der Waals surface area contributed by atoms with Crippen molar-refractivity contribution in [1.29, 1.82) is 0 Å². The van der Waals surface area contributed by atoms with Gasteiger partial charge in [-0.1, -0.05) is 32.1 Å². The van der Waals surface area contributed by atoms with E-state index >= 15 is 0 Å². The van der Waals surface area contributed by atoms with E-state index in [1.165, 1.54) is 0 Å². The van der Waals surface area contributed by atoms with Crippen molar-refractivity contribution in [3.8, 4) is 0 Å². The van der Waals surface area contributed by atoms with Gasteiger partial charge in [-0.2, -0.15) is 0 Å². The Labute approximate surface area is 104 Å². The summed E-state index contributed by atoms with van der Waals surface area (Å²) >= 11 is 11.6. The molecule has 2 N–H and O–H groups in total. The van der Waals surface area contributed by atoms with Gasteiger partial charge < -0.3 is 9.59 Å². The summed E-state index contributed by atoms with van der Waals surface area (Å²) in [5.41, 5.74) is 0. The molecule has 2 atom stereocenters. The molecule has 0 fully saturated rings. The lowest BCUT2D eigenvalue weighted by Crippen LogP contribution is -2.21. The molecule has 0 saturated heterocycles. The van der Waals surface area contributed by atoms with Gasteiger partial charge in [-0.25, -0.2) is 0 Å². The van der Waals surface area contributed by atoms with Gasteiger partial charge in [-0.05, 0) is 25.2 Å². The fraction of sp³-hybridized carbons (Fsp3) is 1.00. The molecule has 6 heteroatoms. The number of rotatable bonds is 8. The maximum absolute atomic E-state index is 9.39. The zero-order valence-corrected chi connectivity index (χ0v) is 13.1. The highest BCUT2D eigenvalue weighted by atomic mass is 35.6. The van der Waals surface area contributed by atoms with Gasteiger partial charge in [0.05, 0.1) is 0 Å². The SMILES string of the molecule is C[Si](O)(Cl)CCCCCCC[Si](C)(O)Cl. The first kappa shape index (κ1) is 15.9. The number of unbranched alkanes of at least 4 members (excludes halogenated alkanes) is 4. The van der Waals surface area contributed by atoms with Crippen molar-refractivity contribution in [2.75, 3.05) is 0 Å². The smallest absolute Gasteiger partial charge is 0.284 e. The first-order chi connectivity index (χ1) is 6.71. The van der Waals surface area contributed by atoms with Crippen LogP contribution in [0.1, 0.15) is 32.1 Å². The topological polar surface area (TPSA) is 40.5 Å². The molecule has 92 valence electrons. The van der Waals surface area contributed by atoms with Crippen molar-refractivity contribution in [3.63, 3.8) is 0 Å². The summed E-state index contributed by atoms with van der Waals surface area (Å²) in [5.74, 6) is 0. The minimum atomic E-state index is -2.34. The summed E-state index contributed by atoms with van der Waals surface area (Å²) in [4.78, 5) is 18.8. The standard InChI is InChI=1S/C9H22Cl2O2Si2/c1-14(10,12)8-6-4-3-5-7-9-15(2,11)13/h12-13H,3-9H2,1-2H3.